The molecule has 0 aliphatic heterocycles. The van der Waals surface area contributed by atoms with Crippen molar-refractivity contribution in [3.63, 3.8) is 0 Å². The van der Waals surface area contributed by atoms with Crippen LogP contribution in [-0.2, 0) is 6.42 Å². The van der Waals surface area contributed by atoms with Crippen molar-refractivity contribution >= 4 is 16.5 Å². The van der Waals surface area contributed by atoms with E-state index in [2.05, 4.69) is 22.2 Å². The summed E-state index contributed by atoms with van der Waals surface area (Å²) in [6.45, 7) is 5.04. The molecule has 1 aromatic rings. The second kappa shape index (κ2) is 5.95. The SMILES string of the molecule is CCc1csc(N(CCN)CCN)n1. The van der Waals surface area contributed by atoms with Gasteiger partial charge in [-0.1, -0.05) is 6.92 Å². The van der Waals surface area contributed by atoms with E-state index in [4.69, 9.17) is 11.5 Å². The molecule has 0 unspecified atom stereocenters. The highest BCUT2D eigenvalue weighted by molar-refractivity contribution is 7.13. The summed E-state index contributed by atoms with van der Waals surface area (Å²) in [7, 11) is 0. The summed E-state index contributed by atoms with van der Waals surface area (Å²) >= 11 is 1.67. The van der Waals surface area contributed by atoms with Crippen molar-refractivity contribution in [1.29, 1.82) is 0 Å². The molecule has 0 aliphatic carbocycles. The molecule has 1 heterocycles. The number of aromatic nitrogens is 1. The van der Waals surface area contributed by atoms with Crippen LogP contribution in [0.2, 0.25) is 0 Å². The lowest BCUT2D eigenvalue weighted by Crippen LogP contribution is -2.33. The van der Waals surface area contributed by atoms with Crippen LogP contribution in [0.25, 0.3) is 0 Å². The molecule has 0 aromatic carbocycles. The van der Waals surface area contributed by atoms with Crippen LogP contribution < -0.4 is 16.4 Å². The Kier molecular flexibility index (Phi) is 4.86. The van der Waals surface area contributed by atoms with Crippen LogP contribution in [0.1, 0.15) is 12.6 Å². The number of nitrogens with two attached hydrogens (primary N) is 2. The lowest BCUT2D eigenvalue weighted by atomic mass is 10.4. The highest BCUT2D eigenvalue weighted by Crippen LogP contribution is 2.19. The summed E-state index contributed by atoms with van der Waals surface area (Å²) < 4.78 is 0. The third kappa shape index (κ3) is 2.94. The maximum Gasteiger partial charge on any atom is 0.185 e. The Hall–Kier alpha value is -0.650. The molecule has 4 N–H and O–H groups in total. The fraction of sp³-hybridized carbons (Fsp3) is 0.667. The van der Waals surface area contributed by atoms with Gasteiger partial charge in [-0.2, -0.15) is 0 Å². The summed E-state index contributed by atoms with van der Waals surface area (Å²) in [4.78, 5) is 6.64. The summed E-state index contributed by atoms with van der Waals surface area (Å²) in [6, 6.07) is 0. The van der Waals surface area contributed by atoms with Crippen molar-refractivity contribution in [1.82, 2.24) is 4.98 Å². The summed E-state index contributed by atoms with van der Waals surface area (Å²) in [6.07, 6.45) is 0.982. The maximum absolute atomic E-state index is 5.53. The number of rotatable bonds is 6. The highest BCUT2D eigenvalue weighted by Gasteiger charge is 2.08. The average molecular weight is 214 g/mol. The Balaban J connectivity index is 2.65. The fourth-order valence-corrected chi connectivity index (χ4v) is 2.18. The molecule has 0 bridgehead atoms. The molecular weight excluding hydrogens is 196 g/mol. The van der Waals surface area contributed by atoms with E-state index in [1.54, 1.807) is 11.3 Å². The predicted molar refractivity (Wildman–Crippen MR) is 61.8 cm³/mol. The Morgan fingerprint density at radius 1 is 1.36 bits per heavy atom. The summed E-state index contributed by atoms with van der Waals surface area (Å²) in [5.74, 6) is 0. The smallest absolute Gasteiger partial charge is 0.185 e. The lowest BCUT2D eigenvalue weighted by Gasteiger charge is -2.19. The number of aryl methyl sites for hydroxylation is 1. The van der Waals surface area contributed by atoms with Gasteiger partial charge in [0.25, 0.3) is 0 Å². The number of thiazole rings is 1. The van der Waals surface area contributed by atoms with Gasteiger partial charge in [0.2, 0.25) is 0 Å². The normalized spacial score (nSPS) is 10.5. The first-order valence-corrected chi connectivity index (χ1v) is 5.79. The van der Waals surface area contributed by atoms with Gasteiger partial charge in [0.15, 0.2) is 5.13 Å². The Bertz CT molecular complexity index is 255. The van der Waals surface area contributed by atoms with Crippen molar-refractivity contribution in [3.8, 4) is 0 Å². The molecule has 0 atom stereocenters. The first-order chi connectivity index (χ1) is 6.81. The molecule has 4 nitrogen and oxygen atoms in total. The molecule has 5 heteroatoms. The van der Waals surface area contributed by atoms with Gasteiger partial charge in [-0.05, 0) is 6.42 Å². The van der Waals surface area contributed by atoms with Gasteiger partial charge in [-0.3, -0.25) is 0 Å². The minimum Gasteiger partial charge on any atom is -0.346 e. The fourth-order valence-electron chi connectivity index (χ4n) is 1.22. The van der Waals surface area contributed by atoms with E-state index in [1.807, 2.05) is 0 Å². The van der Waals surface area contributed by atoms with Crippen LogP contribution in [0.3, 0.4) is 0 Å². The van der Waals surface area contributed by atoms with Gasteiger partial charge in [-0.15, -0.1) is 11.3 Å². The topological polar surface area (TPSA) is 68.2 Å². The number of hydrogen-bond acceptors (Lipinski definition) is 5. The number of hydrogen-bond donors (Lipinski definition) is 2. The molecule has 0 saturated heterocycles. The molecule has 1 aromatic heterocycles. The van der Waals surface area contributed by atoms with E-state index in [0.29, 0.717) is 13.1 Å². The third-order valence-electron chi connectivity index (χ3n) is 1.97. The van der Waals surface area contributed by atoms with Crippen LogP contribution in [0.4, 0.5) is 5.13 Å². The van der Waals surface area contributed by atoms with Gasteiger partial charge in [0, 0.05) is 31.6 Å². The molecule has 0 aliphatic rings. The van der Waals surface area contributed by atoms with E-state index in [-0.39, 0.29) is 0 Å². The van der Waals surface area contributed by atoms with E-state index < -0.39 is 0 Å². The maximum atomic E-state index is 5.53. The van der Waals surface area contributed by atoms with Crippen molar-refractivity contribution in [3.05, 3.63) is 11.1 Å². The molecule has 14 heavy (non-hydrogen) atoms. The van der Waals surface area contributed by atoms with Crippen LogP contribution in [-0.4, -0.2) is 31.2 Å². The van der Waals surface area contributed by atoms with E-state index in [1.165, 1.54) is 0 Å². The lowest BCUT2D eigenvalue weighted by molar-refractivity contribution is 0.776. The van der Waals surface area contributed by atoms with E-state index in [0.717, 1.165) is 30.3 Å². The first kappa shape index (κ1) is 11.4. The van der Waals surface area contributed by atoms with Gasteiger partial charge in [0.05, 0.1) is 5.69 Å². The summed E-state index contributed by atoms with van der Waals surface area (Å²) in [5.41, 5.74) is 12.2. The van der Waals surface area contributed by atoms with Crippen LogP contribution >= 0.6 is 11.3 Å². The Morgan fingerprint density at radius 3 is 2.43 bits per heavy atom. The largest absolute Gasteiger partial charge is 0.346 e. The first-order valence-electron chi connectivity index (χ1n) is 4.91. The van der Waals surface area contributed by atoms with Crippen LogP contribution in [0, 0.1) is 0 Å². The molecule has 1 rings (SSSR count). The minimum atomic E-state index is 0.640. The zero-order valence-corrected chi connectivity index (χ0v) is 9.39. The van der Waals surface area contributed by atoms with E-state index >= 15 is 0 Å². The second-order valence-electron chi connectivity index (χ2n) is 3.04. The molecule has 0 fully saturated rings. The molecule has 0 saturated carbocycles. The summed E-state index contributed by atoms with van der Waals surface area (Å²) in [5, 5.41) is 3.13. The second-order valence-corrected chi connectivity index (χ2v) is 3.88. The van der Waals surface area contributed by atoms with Gasteiger partial charge in [0.1, 0.15) is 0 Å². The zero-order valence-electron chi connectivity index (χ0n) is 8.57. The number of nitrogens with zero attached hydrogens (tertiary/aromatic N) is 2. The van der Waals surface area contributed by atoms with E-state index in [9.17, 15) is 0 Å². The molecule has 0 radical (unpaired) electrons. The van der Waals surface area contributed by atoms with Gasteiger partial charge >= 0.3 is 0 Å². The highest BCUT2D eigenvalue weighted by atomic mass is 32.1. The van der Waals surface area contributed by atoms with Crippen molar-refractivity contribution < 1.29 is 0 Å². The molecule has 80 valence electrons. The van der Waals surface area contributed by atoms with Crippen LogP contribution in [0.5, 0.6) is 0 Å². The van der Waals surface area contributed by atoms with Crippen molar-refractivity contribution in [2.24, 2.45) is 11.5 Å². The molecule has 0 spiro atoms. The van der Waals surface area contributed by atoms with Crippen molar-refractivity contribution in [2.45, 2.75) is 13.3 Å². The van der Waals surface area contributed by atoms with Gasteiger partial charge in [-0.25, -0.2) is 4.98 Å². The Morgan fingerprint density at radius 2 is 2.00 bits per heavy atom. The minimum absolute atomic E-state index is 0.640. The standard InChI is InChI=1S/C9H18N4S/c1-2-8-7-14-9(12-8)13(5-3-10)6-4-11/h7H,2-6,10-11H2,1H3. The van der Waals surface area contributed by atoms with Crippen molar-refractivity contribution in [2.75, 3.05) is 31.1 Å². The quantitative estimate of drug-likeness (QED) is 0.720. The predicted octanol–water partition coefficient (Wildman–Crippen LogP) is 0.429. The molecule has 0 amide bonds. The third-order valence-corrected chi connectivity index (χ3v) is 2.92. The Labute approximate surface area is 88.9 Å². The monoisotopic (exact) mass is 214 g/mol. The number of anilines is 1. The van der Waals surface area contributed by atoms with Crippen LogP contribution in [0.15, 0.2) is 5.38 Å². The van der Waals surface area contributed by atoms with Gasteiger partial charge < -0.3 is 16.4 Å². The zero-order chi connectivity index (χ0) is 10.4. The average Bonchev–Trinajstić information content (AvgIpc) is 2.65. The molecular formula is C9H18N4S.